The fourth-order valence-electron chi connectivity index (χ4n) is 2.28. The van der Waals surface area contributed by atoms with Gasteiger partial charge in [0.2, 0.25) is 0 Å². The van der Waals surface area contributed by atoms with E-state index in [1.165, 1.54) is 57.8 Å². The molecule has 0 N–H and O–H groups in total. The minimum atomic E-state index is 0.0542. The van der Waals surface area contributed by atoms with Crippen LogP contribution < -0.4 is 0 Å². The first-order chi connectivity index (χ1) is 9.09. The fraction of sp³-hybridized carbons (Fsp3) is 0.833. The number of hydrogen-bond donors (Lipinski definition) is 0. The van der Waals surface area contributed by atoms with E-state index in [2.05, 4.69) is 13.5 Å². The highest BCUT2D eigenvalue weighted by atomic mass is 16.1. The van der Waals surface area contributed by atoms with Crippen molar-refractivity contribution in [1.82, 2.24) is 0 Å². The molecule has 0 saturated carbocycles. The number of allylic oxidation sites excluding steroid dienone is 1. The zero-order valence-electron chi connectivity index (χ0n) is 13.5. The molecule has 1 atom stereocenters. The zero-order chi connectivity index (χ0) is 14.5. The molecule has 0 heterocycles. The van der Waals surface area contributed by atoms with Gasteiger partial charge in [-0.15, -0.1) is 0 Å². The zero-order valence-corrected chi connectivity index (χ0v) is 13.5. The number of hydrogen-bond acceptors (Lipinski definition) is 1. The average Bonchev–Trinajstić information content (AvgIpc) is 2.39. The lowest BCUT2D eigenvalue weighted by molar-refractivity contribution is -0.121. The van der Waals surface area contributed by atoms with Gasteiger partial charge in [0.25, 0.3) is 0 Å². The largest absolute Gasteiger partial charge is 0.299 e. The minimum absolute atomic E-state index is 0.0542. The van der Waals surface area contributed by atoms with Gasteiger partial charge in [-0.3, -0.25) is 4.79 Å². The summed E-state index contributed by atoms with van der Waals surface area (Å²) in [7, 11) is 0. The van der Waals surface area contributed by atoms with Gasteiger partial charge in [-0.05, 0) is 13.3 Å². The molecule has 19 heavy (non-hydrogen) atoms. The van der Waals surface area contributed by atoms with Crippen molar-refractivity contribution in [2.75, 3.05) is 0 Å². The lowest BCUT2D eigenvalue weighted by Gasteiger charge is -2.09. The molecule has 0 bridgehead atoms. The van der Waals surface area contributed by atoms with Gasteiger partial charge < -0.3 is 0 Å². The highest BCUT2D eigenvalue weighted by molar-refractivity contribution is 5.83. The molecule has 0 aliphatic heterocycles. The van der Waals surface area contributed by atoms with Crippen LogP contribution in [0, 0.1) is 5.92 Å². The molecule has 0 aliphatic carbocycles. The molecule has 0 saturated heterocycles. The molecule has 1 unspecified atom stereocenters. The van der Waals surface area contributed by atoms with Crippen molar-refractivity contribution in [3.8, 4) is 0 Å². The maximum absolute atomic E-state index is 11.8. The summed E-state index contributed by atoms with van der Waals surface area (Å²) in [6, 6.07) is 0. The van der Waals surface area contributed by atoms with Crippen LogP contribution in [0.5, 0.6) is 0 Å². The van der Waals surface area contributed by atoms with E-state index in [1.807, 2.05) is 13.8 Å². The summed E-state index contributed by atoms with van der Waals surface area (Å²) in [4.78, 5) is 11.8. The van der Waals surface area contributed by atoms with Crippen molar-refractivity contribution < 1.29 is 4.79 Å². The maximum atomic E-state index is 11.8. The standard InChI is InChI=1S/C18H34O/c1-5-6-7-8-9-10-11-12-13-14-15-18(19)17(4)16(2)3/h17H,2,5-15H2,1,3-4H3. The van der Waals surface area contributed by atoms with Gasteiger partial charge in [0.15, 0.2) is 0 Å². The second-order valence-corrected chi connectivity index (χ2v) is 5.97. The van der Waals surface area contributed by atoms with Gasteiger partial charge in [-0.2, -0.15) is 0 Å². The van der Waals surface area contributed by atoms with E-state index in [0.717, 1.165) is 18.4 Å². The minimum Gasteiger partial charge on any atom is -0.299 e. The molecular weight excluding hydrogens is 232 g/mol. The fourth-order valence-corrected chi connectivity index (χ4v) is 2.28. The van der Waals surface area contributed by atoms with Crippen LogP contribution in [0.2, 0.25) is 0 Å². The number of carbonyl (C=O) groups excluding carboxylic acids is 1. The first kappa shape index (κ1) is 18.4. The maximum Gasteiger partial charge on any atom is 0.139 e. The molecule has 0 aromatic carbocycles. The van der Waals surface area contributed by atoms with Gasteiger partial charge in [0, 0.05) is 12.3 Å². The van der Waals surface area contributed by atoms with Crippen LogP contribution in [0.3, 0.4) is 0 Å². The summed E-state index contributed by atoms with van der Waals surface area (Å²) >= 11 is 0. The molecule has 0 aromatic rings. The molecule has 1 heteroatoms. The van der Waals surface area contributed by atoms with Crippen LogP contribution in [-0.4, -0.2) is 5.78 Å². The summed E-state index contributed by atoms with van der Waals surface area (Å²) in [5.74, 6) is 0.422. The van der Waals surface area contributed by atoms with E-state index >= 15 is 0 Å². The molecule has 112 valence electrons. The number of ketones is 1. The third-order valence-corrected chi connectivity index (χ3v) is 4.00. The Labute approximate surface area is 120 Å². The Morgan fingerprint density at radius 1 is 0.895 bits per heavy atom. The Balaban J connectivity index is 3.27. The number of unbranched alkanes of at least 4 members (excludes halogenated alkanes) is 9. The first-order valence-corrected chi connectivity index (χ1v) is 8.27. The summed E-state index contributed by atoms with van der Waals surface area (Å²) in [6.45, 7) is 10.0. The number of Topliss-reactive ketones (excluding diaryl/α,β-unsaturated/α-hetero) is 1. The number of rotatable bonds is 13. The van der Waals surface area contributed by atoms with Crippen LogP contribution in [-0.2, 0) is 4.79 Å². The van der Waals surface area contributed by atoms with Crippen LogP contribution in [0.4, 0.5) is 0 Å². The monoisotopic (exact) mass is 266 g/mol. The van der Waals surface area contributed by atoms with Crippen molar-refractivity contribution in [1.29, 1.82) is 0 Å². The molecular formula is C18H34O. The van der Waals surface area contributed by atoms with E-state index in [4.69, 9.17) is 0 Å². The second-order valence-electron chi connectivity index (χ2n) is 5.97. The summed E-state index contributed by atoms with van der Waals surface area (Å²) < 4.78 is 0. The third kappa shape index (κ3) is 11.0. The second kappa shape index (κ2) is 12.4. The van der Waals surface area contributed by atoms with Gasteiger partial charge in [-0.1, -0.05) is 83.8 Å². The molecule has 0 fully saturated rings. The molecule has 0 amide bonds. The van der Waals surface area contributed by atoms with Crippen molar-refractivity contribution in [2.45, 2.75) is 91.4 Å². The molecule has 0 radical (unpaired) electrons. The van der Waals surface area contributed by atoms with Gasteiger partial charge in [0.1, 0.15) is 5.78 Å². The molecule has 0 aliphatic rings. The third-order valence-electron chi connectivity index (χ3n) is 4.00. The Hall–Kier alpha value is -0.590. The van der Waals surface area contributed by atoms with E-state index in [0.29, 0.717) is 5.78 Å². The SMILES string of the molecule is C=C(C)C(C)C(=O)CCCCCCCCCCCC. The van der Waals surface area contributed by atoms with E-state index < -0.39 is 0 Å². The van der Waals surface area contributed by atoms with E-state index in [-0.39, 0.29) is 5.92 Å². The molecule has 1 nitrogen and oxygen atoms in total. The van der Waals surface area contributed by atoms with Crippen molar-refractivity contribution in [2.24, 2.45) is 5.92 Å². The van der Waals surface area contributed by atoms with Crippen LogP contribution in [0.25, 0.3) is 0 Å². The van der Waals surface area contributed by atoms with E-state index in [9.17, 15) is 4.79 Å². The summed E-state index contributed by atoms with van der Waals surface area (Å²) in [6.07, 6.45) is 14.0. The Bertz CT molecular complexity index is 242. The Morgan fingerprint density at radius 2 is 1.32 bits per heavy atom. The van der Waals surface area contributed by atoms with Gasteiger partial charge in [0.05, 0.1) is 0 Å². The summed E-state index contributed by atoms with van der Waals surface area (Å²) in [5, 5.41) is 0. The predicted molar refractivity (Wildman–Crippen MR) is 85.4 cm³/mol. The first-order valence-electron chi connectivity index (χ1n) is 8.27. The average molecular weight is 266 g/mol. The van der Waals surface area contributed by atoms with E-state index in [1.54, 1.807) is 0 Å². The predicted octanol–water partition coefficient (Wildman–Crippen LogP) is 6.08. The number of carbonyl (C=O) groups is 1. The summed E-state index contributed by atoms with van der Waals surface area (Å²) in [5.41, 5.74) is 0.997. The van der Waals surface area contributed by atoms with Crippen LogP contribution in [0.15, 0.2) is 12.2 Å². The molecule has 0 rings (SSSR count). The van der Waals surface area contributed by atoms with Crippen molar-refractivity contribution >= 4 is 5.78 Å². The Morgan fingerprint density at radius 3 is 1.74 bits per heavy atom. The van der Waals surface area contributed by atoms with Crippen molar-refractivity contribution in [3.05, 3.63) is 12.2 Å². The lowest BCUT2D eigenvalue weighted by Crippen LogP contribution is -2.11. The van der Waals surface area contributed by atoms with Crippen LogP contribution >= 0.6 is 0 Å². The van der Waals surface area contributed by atoms with Crippen molar-refractivity contribution in [3.63, 3.8) is 0 Å². The quantitative estimate of drug-likeness (QED) is 0.292. The topological polar surface area (TPSA) is 17.1 Å². The van der Waals surface area contributed by atoms with Gasteiger partial charge >= 0.3 is 0 Å². The van der Waals surface area contributed by atoms with Gasteiger partial charge in [-0.25, -0.2) is 0 Å². The lowest BCUT2D eigenvalue weighted by atomic mass is 9.95. The highest BCUT2D eigenvalue weighted by Crippen LogP contribution is 2.15. The van der Waals surface area contributed by atoms with Crippen LogP contribution in [0.1, 0.15) is 91.4 Å². The Kier molecular flexibility index (Phi) is 12.1. The normalized spacial score (nSPS) is 12.4. The molecule has 0 spiro atoms. The highest BCUT2D eigenvalue weighted by Gasteiger charge is 2.12. The molecule has 0 aromatic heterocycles. The smallest absolute Gasteiger partial charge is 0.139 e.